The Bertz CT molecular complexity index is 493. The summed E-state index contributed by atoms with van der Waals surface area (Å²) in [6.07, 6.45) is 6.59. The molecule has 4 heteroatoms. The predicted octanol–water partition coefficient (Wildman–Crippen LogP) is 3.18. The number of amides is 1. The van der Waals surface area contributed by atoms with Gasteiger partial charge in [-0.2, -0.15) is 11.8 Å². The Balaban J connectivity index is 1.85. The van der Waals surface area contributed by atoms with E-state index in [4.69, 9.17) is 0 Å². The van der Waals surface area contributed by atoms with Crippen LogP contribution < -0.4 is 5.32 Å². The molecule has 0 radical (unpaired) electrons. The average molecular weight is 304 g/mol. The highest BCUT2D eigenvalue weighted by atomic mass is 32.2. The van der Waals surface area contributed by atoms with Gasteiger partial charge < -0.3 is 4.90 Å². The maximum Gasteiger partial charge on any atom is 0.241 e. The minimum absolute atomic E-state index is 0.0245. The van der Waals surface area contributed by atoms with Crippen LogP contribution in [0.2, 0.25) is 0 Å². The third-order valence-corrected chi connectivity index (χ3v) is 5.89. The number of hydrogen-bond acceptors (Lipinski definition) is 3. The molecular weight excluding hydrogens is 280 g/mol. The van der Waals surface area contributed by atoms with Crippen LogP contribution in [0.5, 0.6) is 0 Å². The van der Waals surface area contributed by atoms with Gasteiger partial charge >= 0.3 is 0 Å². The molecular formula is C17H24N2OS. The molecule has 2 aliphatic rings. The molecule has 0 aromatic heterocycles. The summed E-state index contributed by atoms with van der Waals surface area (Å²) in [6.45, 7) is 2.08. The summed E-state index contributed by atoms with van der Waals surface area (Å²) in [4.78, 5) is 14.9. The van der Waals surface area contributed by atoms with Crippen molar-refractivity contribution in [2.75, 3.05) is 6.26 Å². The molecule has 1 aliphatic carbocycles. The Morgan fingerprint density at radius 1 is 1.29 bits per heavy atom. The highest BCUT2D eigenvalue weighted by Crippen LogP contribution is 2.37. The fourth-order valence-corrected chi connectivity index (χ4v) is 4.40. The maximum atomic E-state index is 12.8. The first kappa shape index (κ1) is 14.9. The van der Waals surface area contributed by atoms with Gasteiger partial charge in [0.05, 0.1) is 6.04 Å². The van der Waals surface area contributed by atoms with E-state index < -0.39 is 0 Å². The van der Waals surface area contributed by atoms with Gasteiger partial charge in [0.2, 0.25) is 5.91 Å². The molecule has 1 N–H and O–H groups in total. The van der Waals surface area contributed by atoms with E-state index in [1.54, 1.807) is 0 Å². The smallest absolute Gasteiger partial charge is 0.241 e. The Morgan fingerprint density at radius 2 is 2.05 bits per heavy atom. The number of benzene rings is 1. The molecule has 1 amide bonds. The molecule has 3 rings (SSSR count). The lowest BCUT2D eigenvalue weighted by Gasteiger charge is -2.30. The molecule has 1 aromatic carbocycles. The van der Waals surface area contributed by atoms with Gasteiger partial charge in [0, 0.05) is 11.3 Å². The zero-order valence-corrected chi connectivity index (χ0v) is 13.6. The van der Waals surface area contributed by atoms with Crippen molar-refractivity contribution in [2.45, 2.75) is 56.1 Å². The normalized spacial score (nSPS) is 32.9. The second-order valence-corrected chi connectivity index (χ2v) is 7.15. The van der Waals surface area contributed by atoms with Crippen LogP contribution in [0.25, 0.3) is 0 Å². The first-order chi connectivity index (χ1) is 10.2. The first-order valence-corrected chi connectivity index (χ1v) is 9.19. The molecule has 0 bridgehead atoms. The van der Waals surface area contributed by atoms with Gasteiger partial charge in [0.1, 0.15) is 6.17 Å². The van der Waals surface area contributed by atoms with Gasteiger partial charge in [-0.1, -0.05) is 37.3 Å². The van der Waals surface area contributed by atoms with Crippen LogP contribution in [-0.2, 0) is 4.79 Å². The molecule has 3 nitrogen and oxygen atoms in total. The van der Waals surface area contributed by atoms with E-state index in [-0.39, 0.29) is 18.1 Å². The third-order valence-electron chi connectivity index (χ3n) is 4.80. The SMILES string of the molecule is CCC1NC(c2ccccc2)N(C2CCC(SC)C2)C1=O. The topological polar surface area (TPSA) is 32.3 Å². The molecule has 0 spiro atoms. The van der Waals surface area contributed by atoms with Gasteiger partial charge in [0.15, 0.2) is 0 Å². The third kappa shape index (κ3) is 2.84. The van der Waals surface area contributed by atoms with Crippen molar-refractivity contribution in [3.8, 4) is 0 Å². The Hall–Kier alpha value is -1.00. The molecule has 2 fully saturated rings. The van der Waals surface area contributed by atoms with Crippen molar-refractivity contribution >= 4 is 17.7 Å². The van der Waals surface area contributed by atoms with E-state index >= 15 is 0 Å². The molecule has 1 heterocycles. The zero-order valence-electron chi connectivity index (χ0n) is 12.8. The van der Waals surface area contributed by atoms with E-state index in [0.717, 1.165) is 19.3 Å². The number of hydrogen-bond donors (Lipinski definition) is 1. The number of carbonyl (C=O) groups excluding carboxylic acids is 1. The lowest BCUT2D eigenvalue weighted by atomic mass is 10.1. The zero-order chi connectivity index (χ0) is 14.8. The molecule has 1 saturated heterocycles. The average Bonchev–Trinajstić information content (AvgIpc) is 3.12. The summed E-state index contributed by atoms with van der Waals surface area (Å²) in [5.41, 5.74) is 1.20. The Labute approximate surface area is 131 Å². The maximum absolute atomic E-state index is 12.8. The van der Waals surface area contributed by atoms with Crippen molar-refractivity contribution in [3.05, 3.63) is 35.9 Å². The van der Waals surface area contributed by atoms with Crippen LogP contribution in [0.15, 0.2) is 30.3 Å². The fraction of sp³-hybridized carbons (Fsp3) is 0.588. The van der Waals surface area contributed by atoms with Crippen LogP contribution in [-0.4, -0.2) is 34.4 Å². The summed E-state index contributed by atoms with van der Waals surface area (Å²) in [5, 5.41) is 4.24. The predicted molar refractivity (Wildman–Crippen MR) is 88.2 cm³/mol. The second-order valence-electron chi connectivity index (χ2n) is 6.01. The van der Waals surface area contributed by atoms with E-state index in [1.165, 1.54) is 12.0 Å². The summed E-state index contributed by atoms with van der Waals surface area (Å²) >= 11 is 1.94. The van der Waals surface area contributed by atoms with Crippen LogP contribution in [0.4, 0.5) is 0 Å². The summed E-state index contributed by atoms with van der Waals surface area (Å²) < 4.78 is 0. The van der Waals surface area contributed by atoms with Crippen molar-refractivity contribution in [1.82, 2.24) is 10.2 Å². The molecule has 1 aromatic rings. The van der Waals surface area contributed by atoms with Crippen molar-refractivity contribution in [2.24, 2.45) is 0 Å². The lowest BCUT2D eigenvalue weighted by molar-refractivity contribution is -0.132. The Kier molecular flexibility index (Phi) is 4.55. The fourth-order valence-electron chi connectivity index (χ4n) is 3.61. The van der Waals surface area contributed by atoms with Crippen LogP contribution in [0.1, 0.15) is 44.3 Å². The summed E-state index contributed by atoms with van der Waals surface area (Å²) in [6, 6.07) is 10.7. The second kappa shape index (κ2) is 6.41. The van der Waals surface area contributed by atoms with Gasteiger partial charge in [0.25, 0.3) is 0 Å². The summed E-state index contributed by atoms with van der Waals surface area (Å²) in [7, 11) is 0. The highest BCUT2D eigenvalue weighted by molar-refractivity contribution is 7.99. The lowest BCUT2D eigenvalue weighted by Crippen LogP contribution is -2.39. The van der Waals surface area contributed by atoms with E-state index in [2.05, 4.69) is 47.7 Å². The van der Waals surface area contributed by atoms with Crippen molar-refractivity contribution in [3.63, 3.8) is 0 Å². The van der Waals surface area contributed by atoms with Crippen LogP contribution in [0, 0.1) is 0 Å². The molecule has 114 valence electrons. The van der Waals surface area contributed by atoms with Gasteiger partial charge in [-0.15, -0.1) is 0 Å². The highest BCUT2D eigenvalue weighted by Gasteiger charge is 2.44. The monoisotopic (exact) mass is 304 g/mol. The number of thioether (sulfide) groups is 1. The minimum atomic E-state index is -0.0245. The Morgan fingerprint density at radius 3 is 2.67 bits per heavy atom. The number of nitrogens with one attached hydrogen (secondary N) is 1. The minimum Gasteiger partial charge on any atom is -0.319 e. The van der Waals surface area contributed by atoms with E-state index in [9.17, 15) is 4.79 Å². The van der Waals surface area contributed by atoms with Gasteiger partial charge in [-0.05, 0) is 37.5 Å². The number of nitrogens with zero attached hydrogens (tertiary/aromatic N) is 1. The standard InChI is InChI=1S/C17H24N2OS/c1-3-15-17(20)19(13-9-10-14(11-13)21-2)16(18-15)12-7-5-4-6-8-12/h4-8,13-16,18H,3,9-11H2,1-2H3. The quantitative estimate of drug-likeness (QED) is 0.927. The summed E-state index contributed by atoms with van der Waals surface area (Å²) in [5.74, 6) is 0.290. The molecule has 21 heavy (non-hydrogen) atoms. The number of carbonyl (C=O) groups is 1. The number of rotatable bonds is 4. The molecule has 4 atom stereocenters. The van der Waals surface area contributed by atoms with Crippen LogP contribution >= 0.6 is 11.8 Å². The molecule has 1 saturated carbocycles. The van der Waals surface area contributed by atoms with E-state index in [1.807, 2.05) is 17.8 Å². The van der Waals surface area contributed by atoms with Gasteiger partial charge in [-0.3, -0.25) is 10.1 Å². The van der Waals surface area contributed by atoms with Crippen LogP contribution in [0.3, 0.4) is 0 Å². The first-order valence-electron chi connectivity index (χ1n) is 7.90. The molecule has 4 unspecified atom stereocenters. The van der Waals surface area contributed by atoms with Gasteiger partial charge in [-0.25, -0.2) is 0 Å². The van der Waals surface area contributed by atoms with E-state index in [0.29, 0.717) is 11.3 Å². The largest absolute Gasteiger partial charge is 0.319 e. The van der Waals surface area contributed by atoms with Crippen molar-refractivity contribution < 1.29 is 4.79 Å². The molecule has 1 aliphatic heterocycles. The van der Waals surface area contributed by atoms with Crippen molar-refractivity contribution in [1.29, 1.82) is 0 Å².